The van der Waals surface area contributed by atoms with E-state index in [1.807, 2.05) is 13.8 Å². The zero-order chi connectivity index (χ0) is 32.1. The van der Waals surface area contributed by atoms with Gasteiger partial charge in [-0.3, -0.25) is 4.79 Å². The second-order valence-corrected chi connectivity index (χ2v) is 11.7. The summed E-state index contributed by atoms with van der Waals surface area (Å²) < 4.78 is 63.5. The Morgan fingerprint density at radius 3 is 1.88 bits per heavy atom. The lowest BCUT2D eigenvalue weighted by Crippen LogP contribution is -2.67. The Hall–Kier alpha value is -3.13. The van der Waals surface area contributed by atoms with Gasteiger partial charge in [-0.1, -0.05) is 48.9 Å². The first-order valence-corrected chi connectivity index (χ1v) is 13.3. The van der Waals surface area contributed by atoms with Crippen molar-refractivity contribution >= 4 is 23.9 Å². The lowest BCUT2D eigenvalue weighted by atomic mass is 9.60. The maximum absolute atomic E-state index is 11.5. The minimum atomic E-state index is -5.08. The number of likely N-dealkylation sites (tertiary alicyclic amines) is 1. The highest BCUT2D eigenvalue weighted by molar-refractivity contribution is 5.80. The van der Waals surface area contributed by atoms with Crippen molar-refractivity contribution in [3.63, 3.8) is 0 Å². The number of primary amides is 1. The van der Waals surface area contributed by atoms with E-state index in [4.69, 9.17) is 25.5 Å². The van der Waals surface area contributed by atoms with Crippen LogP contribution in [-0.4, -0.2) is 77.0 Å². The summed E-state index contributed by atoms with van der Waals surface area (Å²) in [6, 6.07) is 12.0. The smallest absolute Gasteiger partial charge is 0.475 e. The van der Waals surface area contributed by atoms with E-state index in [0.29, 0.717) is 17.5 Å². The zero-order valence-corrected chi connectivity index (χ0v) is 23.6. The lowest BCUT2D eigenvalue weighted by Gasteiger charge is -2.60. The van der Waals surface area contributed by atoms with E-state index in [0.717, 1.165) is 32.0 Å². The van der Waals surface area contributed by atoms with Crippen LogP contribution in [0.25, 0.3) is 6.08 Å². The monoisotopic (exact) mass is 609 g/mol. The van der Waals surface area contributed by atoms with Gasteiger partial charge >= 0.3 is 24.3 Å². The van der Waals surface area contributed by atoms with Crippen molar-refractivity contribution in [1.29, 1.82) is 0 Å². The van der Waals surface area contributed by atoms with Gasteiger partial charge in [-0.05, 0) is 56.4 Å². The van der Waals surface area contributed by atoms with E-state index in [2.05, 4.69) is 53.5 Å². The molecule has 1 aromatic rings. The number of nitrogens with one attached hydrogen (secondary N) is 1. The molecule has 0 radical (unpaired) electrons. The van der Waals surface area contributed by atoms with Crippen molar-refractivity contribution in [2.75, 3.05) is 19.6 Å². The van der Waals surface area contributed by atoms with Gasteiger partial charge in [0.1, 0.15) is 0 Å². The summed E-state index contributed by atoms with van der Waals surface area (Å²) >= 11 is 0. The number of nitrogens with two attached hydrogens (primary N) is 1. The molecule has 14 heteroatoms. The third-order valence-electron chi connectivity index (χ3n) is 7.52. The predicted molar refractivity (Wildman–Crippen MR) is 142 cm³/mol. The molecule has 1 amide bonds. The van der Waals surface area contributed by atoms with Crippen LogP contribution < -0.4 is 11.1 Å². The van der Waals surface area contributed by atoms with Crippen molar-refractivity contribution in [3.8, 4) is 0 Å². The number of carbonyl (C=O) groups is 3. The first-order chi connectivity index (χ1) is 19.2. The fourth-order valence-electron chi connectivity index (χ4n) is 5.34. The second kappa shape index (κ2) is 13.4. The predicted octanol–water partition coefficient (Wildman–Crippen LogP) is 4.70. The molecule has 0 unspecified atom stereocenters. The molecule has 8 nitrogen and oxygen atoms in total. The molecule has 1 heterocycles. The number of amides is 1. The fourth-order valence-corrected chi connectivity index (χ4v) is 5.34. The van der Waals surface area contributed by atoms with Crippen LogP contribution in [0.3, 0.4) is 0 Å². The Kier molecular flexibility index (Phi) is 11.2. The average Bonchev–Trinajstić information content (AvgIpc) is 3.58. The van der Waals surface area contributed by atoms with Crippen molar-refractivity contribution < 1.29 is 50.9 Å². The van der Waals surface area contributed by atoms with Gasteiger partial charge in [0, 0.05) is 31.7 Å². The molecule has 3 aliphatic rings. The highest BCUT2D eigenvalue weighted by atomic mass is 19.4. The average molecular weight is 610 g/mol. The highest BCUT2D eigenvalue weighted by Gasteiger charge is 2.54. The number of nitrogens with zero attached hydrogens (tertiary/aromatic N) is 1. The number of carboxylic acids is 2. The van der Waals surface area contributed by atoms with E-state index in [-0.39, 0.29) is 5.91 Å². The van der Waals surface area contributed by atoms with Crippen LogP contribution in [0.4, 0.5) is 26.3 Å². The molecule has 1 aromatic carbocycles. The molecule has 3 fully saturated rings. The van der Waals surface area contributed by atoms with E-state index in [1.54, 1.807) is 5.57 Å². The van der Waals surface area contributed by atoms with Crippen LogP contribution in [-0.2, 0) is 14.4 Å². The maximum Gasteiger partial charge on any atom is 0.490 e. The number of carboxylic acid groups (broad SMARTS) is 2. The number of hydrogen-bond acceptors (Lipinski definition) is 5. The van der Waals surface area contributed by atoms with Gasteiger partial charge in [0.25, 0.3) is 0 Å². The quantitative estimate of drug-likeness (QED) is 0.314. The number of rotatable bonds is 8. The molecule has 1 aliphatic heterocycles. The SMILES string of the molecule is CC/C(=C\c1ccccc1)[C@H]1C[C@@H]1NC1CC2(C1)CN(CC(C)(C)C(N)=O)C2.O=C(O)C(F)(F)F.O=C(O)C(F)(F)F. The standard InChI is InChI=1S/C24H35N3O.2C2HF3O2/c1-4-18(10-17-8-6-5-7-9-17)20-11-21(20)26-19-12-24(13-19)15-27(16-24)14-23(2,3)22(25)28;2*3-2(4,5)1(6)7/h5-10,19-21,26H,4,11-16H2,1-3H3,(H2,25,28);2*(H,6,7)/b18-10+;;/t20-,21+;;/m1../s1. The Labute approximate surface area is 239 Å². The van der Waals surface area contributed by atoms with Gasteiger partial charge in [-0.15, -0.1) is 0 Å². The third kappa shape index (κ3) is 10.3. The first kappa shape index (κ1) is 35.1. The topological polar surface area (TPSA) is 133 Å². The van der Waals surface area contributed by atoms with Crippen LogP contribution in [0, 0.1) is 16.7 Å². The van der Waals surface area contributed by atoms with Crippen molar-refractivity contribution in [2.45, 2.75) is 70.9 Å². The second-order valence-electron chi connectivity index (χ2n) is 11.7. The van der Waals surface area contributed by atoms with Crippen LogP contribution in [0.15, 0.2) is 35.9 Å². The summed E-state index contributed by atoms with van der Waals surface area (Å²) in [5.41, 5.74) is 8.50. The molecule has 4 rings (SSSR count). The molecule has 0 bridgehead atoms. The molecule has 5 N–H and O–H groups in total. The summed E-state index contributed by atoms with van der Waals surface area (Å²) in [4.78, 5) is 31.7. The van der Waals surface area contributed by atoms with Gasteiger partial charge in [0.2, 0.25) is 5.91 Å². The Bertz CT molecular complexity index is 1100. The molecule has 0 aromatic heterocycles. The van der Waals surface area contributed by atoms with Crippen molar-refractivity contribution in [1.82, 2.24) is 10.2 Å². The largest absolute Gasteiger partial charge is 0.490 e. The molecule has 42 heavy (non-hydrogen) atoms. The van der Waals surface area contributed by atoms with Gasteiger partial charge in [0.05, 0.1) is 5.41 Å². The van der Waals surface area contributed by atoms with E-state index >= 15 is 0 Å². The molecule has 236 valence electrons. The first-order valence-electron chi connectivity index (χ1n) is 13.3. The Morgan fingerprint density at radius 1 is 1.00 bits per heavy atom. The third-order valence-corrected chi connectivity index (χ3v) is 7.52. The molecular weight excluding hydrogens is 572 g/mol. The van der Waals surface area contributed by atoms with Gasteiger partial charge in [-0.2, -0.15) is 26.3 Å². The minimum Gasteiger partial charge on any atom is -0.475 e. The molecule has 2 atom stereocenters. The van der Waals surface area contributed by atoms with Crippen molar-refractivity contribution in [2.24, 2.45) is 22.5 Å². The van der Waals surface area contributed by atoms with E-state index < -0.39 is 29.7 Å². The molecule has 2 saturated carbocycles. The Morgan fingerprint density at radius 2 is 1.48 bits per heavy atom. The van der Waals surface area contributed by atoms with Gasteiger partial charge < -0.3 is 26.2 Å². The summed E-state index contributed by atoms with van der Waals surface area (Å²) in [6.45, 7) is 9.23. The van der Waals surface area contributed by atoms with Crippen LogP contribution >= 0.6 is 0 Å². The number of hydrogen-bond donors (Lipinski definition) is 4. The lowest BCUT2D eigenvalue weighted by molar-refractivity contribution is -0.193. The van der Waals surface area contributed by atoms with Crippen LogP contribution in [0.2, 0.25) is 0 Å². The summed E-state index contributed by atoms with van der Waals surface area (Å²) in [5, 5.41) is 18.2. The number of benzene rings is 1. The summed E-state index contributed by atoms with van der Waals surface area (Å²) in [5.74, 6) is -4.99. The van der Waals surface area contributed by atoms with E-state index in [1.165, 1.54) is 24.8 Å². The molecule has 2 aliphatic carbocycles. The number of halogens is 6. The number of alkyl halides is 6. The highest BCUT2D eigenvalue weighted by Crippen LogP contribution is 2.50. The van der Waals surface area contributed by atoms with Gasteiger partial charge in [0.15, 0.2) is 0 Å². The van der Waals surface area contributed by atoms with Crippen LogP contribution in [0.1, 0.15) is 52.0 Å². The van der Waals surface area contributed by atoms with E-state index in [9.17, 15) is 31.1 Å². The molecule has 1 saturated heterocycles. The number of aliphatic carboxylic acids is 2. The summed E-state index contributed by atoms with van der Waals surface area (Å²) in [7, 11) is 0. The molecule has 1 spiro atoms. The fraction of sp³-hybridized carbons (Fsp3) is 0.607. The van der Waals surface area contributed by atoms with Gasteiger partial charge in [-0.25, -0.2) is 9.59 Å². The van der Waals surface area contributed by atoms with Crippen molar-refractivity contribution in [3.05, 3.63) is 41.5 Å². The minimum absolute atomic E-state index is 0.198. The Balaban J connectivity index is 0.000000367. The molecular formula is C28H37F6N3O5. The normalized spacial score (nSPS) is 22.0. The number of carbonyl (C=O) groups excluding carboxylic acids is 1. The zero-order valence-electron chi connectivity index (χ0n) is 23.6. The summed E-state index contributed by atoms with van der Waals surface area (Å²) in [6.07, 6.45) is -2.79. The van der Waals surface area contributed by atoms with Crippen LogP contribution in [0.5, 0.6) is 0 Å². The maximum atomic E-state index is 11.5.